The van der Waals surface area contributed by atoms with E-state index in [1.165, 1.54) is 22.5 Å². The Balaban J connectivity index is 1.14. The van der Waals surface area contributed by atoms with E-state index in [0.29, 0.717) is 35.8 Å². The van der Waals surface area contributed by atoms with Crippen LogP contribution in [0.2, 0.25) is 0 Å². The monoisotopic (exact) mass is 493 g/mol. The number of aromatic carboxylic acids is 1. The van der Waals surface area contributed by atoms with Crippen molar-refractivity contribution in [2.45, 2.75) is 32.1 Å². The SMILES string of the molecule is Cc1sc(CCNC(=O)CCCNC(=O)OCC2c3ccccc3-c3ccccc32)nc1C(=O)O. The molecule has 0 saturated carbocycles. The highest BCUT2D eigenvalue weighted by Crippen LogP contribution is 2.44. The predicted molar refractivity (Wildman–Crippen MR) is 133 cm³/mol. The first-order valence-corrected chi connectivity index (χ1v) is 12.3. The summed E-state index contributed by atoms with van der Waals surface area (Å²) in [5.41, 5.74) is 4.73. The number of fused-ring (bicyclic) bond motifs is 3. The number of hydrogen-bond acceptors (Lipinski definition) is 6. The van der Waals surface area contributed by atoms with Gasteiger partial charge in [0.05, 0.1) is 5.01 Å². The fraction of sp³-hybridized carbons (Fsp3) is 0.308. The molecule has 182 valence electrons. The number of amides is 2. The summed E-state index contributed by atoms with van der Waals surface area (Å²) in [4.78, 5) is 40.0. The van der Waals surface area contributed by atoms with Crippen molar-refractivity contribution in [3.05, 3.63) is 75.2 Å². The summed E-state index contributed by atoms with van der Waals surface area (Å²) in [6.07, 6.45) is 0.722. The van der Waals surface area contributed by atoms with Gasteiger partial charge >= 0.3 is 12.1 Å². The number of carbonyl (C=O) groups excluding carboxylic acids is 2. The number of thiazole rings is 1. The van der Waals surface area contributed by atoms with E-state index < -0.39 is 12.1 Å². The number of carbonyl (C=O) groups is 3. The minimum absolute atomic E-state index is 0.00660. The molecular weight excluding hydrogens is 466 g/mol. The van der Waals surface area contributed by atoms with E-state index >= 15 is 0 Å². The number of carboxylic acids is 1. The molecule has 1 aliphatic carbocycles. The second kappa shape index (κ2) is 11.1. The number of aryl methyl sites for hydroxylation is 1. The molecule has 2 aromatic carbocycles. The average molecular weight is 494 g/mol. The van der Waals surface area contributed by atoms with Crippen LogP contribution in [0.3, 0.4) is 0 Å². The molecule has 1 aliphatic rings. The van der Waals surface area contributed by atoms with Crippen LogP contribution in [0.15, 0.2) is 48.5 Å². The third-order valence-electron chi connectivity index (χ3n) is 5.90. The quantitative estimate of drug-likeness (QED) is 0.366. The van der Waals surface area contributed by atoms with Crippen molar-refractivity contribution < 1.29 is 24.2 Å². The van der Waals surface area contributed by atoms with Crippen LogP contribution in [0.1, 0.15) is 50.3 Å². The number of alkyl carbamates (subject to hydrolysis) is 1. The van der Waals surface area contributed by atoms with Crippen LogP contribution in [-0.2, 0) is 16.0 Å². The zero-order valence-electron chi connectivity index (χ0n) is 19.4. The molecule has 9 heteroatoms. The predicted octanol–water partition coefficient (Wildman–Crippen LogP) is 4.13. The molecule has 0 radical (unpaired) electrons. The average Bonchev–Trinajstić information content (AvgIpc) is 3.38. The van der Waals surface area contributed by atoms with Gasteiger partial charge in [0.25, 0.3) is 0 Å². The number of nitrogens with zero attached hydrogens (tertiary/aromatic N) is 1. The second-order valence-corrected chi connectivity index (χ2v) is 9.56. The molecule has 0 saturated heterocycles. The molecular formula is C26H27N3O5S. The van der Waals surface area contributed by atoms with E-state index in [-0.39, 0.29) is 30.5 Å². The Kier molecular flexibility index (Phi) is 7.77. The van der Waals surface area contributed by atoms with Crippen LogP contribution in [0.4, 0.5) is 4.79 Å². The Morgan fingerprint density at radius 1 is 1.00 bits per heavy atom. The summed E-state index contributed by atoms with van der Waals surface area (Å²) >= 11 is 1.32. The standard InChI is InChI=1S/C26H27N3O5S/c1-16-24(25(31)32)29-23(35-16)12-14-27-22(30)11-6-13-28-26(33)34-15-21-19-9-4-2-7-17(19)18-8-3-5-10-20(18)21/h2-5,7-10,21H,6,11-15H2,1H3,(H,27,30)(H,28,33)(H,31,32). The summed E-state index contributed by atoms with van der Waals surface area (Å²) in [5.74, 6) is -1.17. The van der Waals surface area contributed by atoms with Gasteiger partial charge in [-0.1, -0.05) is 48.5 Å². The third kappa shape index (κ3) is 5.86. The van der Waals surface area contributed by atoms with E-state index in [4.69, 9.17) is 9.84 Å². The van der Waals surface area contributed by atoms with Gasteiger partial charge in [-0.2, -0.15) is 0 Å². The Labute approximate surface area is 207 Å². The van der Waals surface area contributed by atoms with Crippen molar-refractivity contribution in [1.82, 2.24) is 15.6 Å². The van der Waals surface area contributed by atoms with Gasteiger partial charge in [0.15, 0.2) is 5.69 Å². The highest BCUT2D eigenvalue weighted by Gasteiger charge is 2.28. The Morgan fingerprint density at radius 2 is 1.66 bits per heavy atom. The van der Waals surface area contributed by atoms with Crippen molar-refractivity contribution >= 4 is 29.3 Å². The van der Waals surface area contributed by atoms with Gasteiger partial charge in [-0.3, -0.25) is 4.79 Å². The topological polar surface area (TPSA) is 118 Å². The lowest BCUT2D eigenvalue weighted by Crippen LogP contribution is -2.29. The normalized spacial score (nSPS) is 12.0. The molecule has 0 fully saturated rings. The maximum atomic E-state index is 12.2. The van der Waals surface area contributed by atoms with Crippen LogP contribution in [0, 0.1) is 6.92 Å². The van der Waals surface area contributed by atoms with Crippen LogP contribution >= 0.6 is 11.3 Å². The molecule has 0 bridgehead atoms. The van der Waals surface area contributed by atoms with Crippen LogP contribution in [0.5, 0.6) is 0 Å². The Bertz CT molecular complexity index is 1190. The lowest BCUT2D eigenvalue weighted by atomic mass is 9.98. The maximum Gasteiger partial charge on any atom is 0.407 e. The fourth-order valence-electron chi connectivity index (χ4n) is 4.24. The zero-order valence-corrected chi connectivity index (χ0v) is 20.2. The molecule has 0 spiro atoms. The number of hydrogen-bond donors (Lipinski definition) is 3. The third-order valence-corrected chi connectivity index (χ3v) is 6.93. The van der Waals surface area contributed by atoms with E-state index in [2.05, 4.69) is 39.9 Å². The molecule has 3 N–H and O–H groups in total. The number of aromatic nitrogens is 1. The summed E-state index contributed by atoms with van der Waals surface area (Å²) < 4.78 is 5.49. The number of benzene rings is 2. The minimum atomic E-state index is -1.04. The van der Waals surface area contributed by atoms with Crippen molar-refractivity contribution in [1.29, 1.82) is 0 Å². The molecule has 0 unspecified atom stereocenters. The van der Waals surface area contributed by atoms with Crippen molar-refractivity contribution in [3.8, 4) is 11.1 Å². The van der Waals surface area contributed by atoms with Crippen molar-refractivity contribution in [2.24, 2.45) is 0 Å². The first kappa shape index (κ1) is 24.4. The zero-order chi connectivity index (χ0) is 24.8. The van der Waals surface area contributed by atoms with E-state index in [1.54, 1.807) is 6.92 Å². The lowest BCUT2D eigenvalue weighted by Gasteiger charge is -2.14. The number of ether oxygens (including phenoxy) is 1. The fourth-order valence-corrected chi connectivity index (χ4v) is 5.17. The van der Waals surface area contributed by atoms with Crippen molar-refractivity contribution in [3.63, 3.8) is 0 Å². The highest BCUT2D eigenvalue weighted by atomic mass is 32.1. The number of carboxylic acid groups (broad SMARTS) is 1. The van der Waals surface area contributed by atoms with Gasteiger partial charge in [-0.15, -0.1) is 11.3 Å². The first-order chi connectivity index (χ1) is 16.9. The molecule has 3 aromatic rings. The molecule has 1 aromatic heterocycles. The first-order valence-electron chi connectivity index (χ1n) is 11.5. The van der Waals surface area contributed by atoms with E-state index in [9.17, 15) is 14.4 Å². The molecule has 35 heavy (non-hydrogen) atoms. The van der Waals surface area contributed by atoms with Crippen LogP contribution in [0.25, 0.3) is 11.1 Å². The van der Waals surface area contributed by atoms with Gasteiger partial charge in [-0.05, 0) is 35.6 Å². The van der Waals surface area contributed by atoms with Gasteiger partial charge in [-0.25, -0.2) is 14.6 Å². The smallest absolute Gasteiger partial charge is 0.407 e. The van der Waals surface area contributed by atoms with Crippen LogP contribution in [-0.4, -0.2) is 47.8 Å². The van der Waals surface area contributed by atoms with Crippen LogP contribution < -0.4 is 10.6 Å². The lowest BCUT2D eigenvalue weighted by molar-refractivity contribution is -0.121. The van der Waals surface area contributed by atoms with Gasteiger partial charge in [0.2, 0.25) is 5.91 Å². The molecule has 0 atom stereocenters. The maximum absolute atomic E-state index is 12.2. The molecule has 8 nitrogen and oxygen atoms in total. The summed E-state index contributed by atoms with van der Waals surface area (Å²) in [6, 6.07) is 16.3. The van der Waals surface area contributed by atoms with E-state index in [0.717, 1.165) is 11.1 Å². The molecule has 1 heterocycles. The number of rotatable bonds is 10. The minimum Gasteiger partial charge on any atom is -0.476 e. The summed E-state index contributed by atoms with van der Waals surface area (Å²) in [6.45, 7) is 2.68. The van der Waals surface area contributed by atoms with Gasteiger partial charge in [0, 0.05) is 36.7 Å². The summed E-state index contributed by atoms with van der Waals surface area (Å²) in [5, 5.41) is 15.2. The van der Waals surface area contributed by atoms with Gasteiger partial charge in [0.1, 0.15) is 6.61 Å². The number of nitrogens with one attached hydrogen (secondary N) is 2. The molecule has 4 rings (SSSR count). The molecule has 0 aliphatic heterocycles. The largest absolute Gasteiger partial charge is 0.476 e. The van der Waals surface area contributed by atoms with Crippen molar-refractivity contribution in [2.75, 3.05) is 19.7 Å². The Hall–Kier alpha value is -3.72. The van der Waals surface area contributed by atoms with E-state index in [1.807, 2.05) is 24.3 Å². The second-order valence-electron chi connectivity index (χ2n) is 8.27. The Morgan fingerprint density at radius 3 is 2.29 bits per heavy atom. The summed E-state index contributed by atoms with van der Waals surface area (Å²) in [7, 11) is 0. The highest BCUT2D eigenvalue weighted by molar-refractivity contribution is 7.11. The van der Waals surface area contributed by atoms with Gasteiger partial charge < -0.3 is 20.5 Å². The molecule has 2 amide bonds.